The van der Waals surface area contributed by atoms with Crippen LogP contribution in [0.3, 0.4) is 0 Å². The first-order valence-corrected chi connectivity index (χ1v) is 9.17. The number of halogens is 5. The van der Waals surface area contributed by atoms with E-state index in [1.165, 1.54) is 17.1 Å². The van der Waals surface area contributed by atoms with Gasteiger partial charge >= 0.3 is 6.18 Å². The topological polar surface area (TPSA) is 94.3 Å². The molecule has 1 atom stereocenters. The highest BCUT2D eigenvalue weighted by Crippen LogP contribution is 2.38. The van der Waals surface area contributed by atoms with Crippen LogP contribution in [0.25, 0.3) is 16.7 Å². The minimum absolute atomic E-state index is 0.0834. The van der Waals surface area contributed by atoms with Gasteiger partial charge < -0.3 is 5.32 Å². The lowest BCUT2D eigenvalue weighted by Crippen LogP contribution is -2.16. The second-order valence-electron chi connectivity index (χ2n) is 6.18. The predicted molar refractivity (Wildman–Crippen MR) is 104 cm³/mol. The molecule has 0 saturated carbocycles. The zero-order valence-corrected chi connectivity index (χ0v) is 16.6. The van der Waals surface area contributed by atoms with E-state index in [-0.39, 0.29) is 26.9 Å². The molecule has 3 aromatic heterocycles. The average molecular weight is 455 g/mol. The highest BCUT2D eigenvalue weighted by Gasteiger charge is 2.34. The highest BCUT2D eigenvalue weighted by molar-refractivity contribution is 6.31. The van der Waals surface area contributed by atoms with E-state index in [9.17, 15) is 13.2 Å². The van der Waals surface area contributed by atoms with Gasteiger partial charge in [-0.25, -0.2) is 15.0 Å². The molecule has 1 aromatic carbocycles. The van der Waals surface area contributed by atoms with Gasteiger partial charge in [-0.3, -0.25) is 0 Å². The Morgan fingerprint density at radius 3 is 2.53 bits per heavy atom. The Hall–Kier alpha value is -3.05. The molecule has 0 saturated heterocycles. The van der Waals surface area contributed by atoms with E-state index in [4.69, 9.17) is 23.2 Å². The summed E-state index contributed by atoms with van der Waals surface area (Å²) in [7, 11) is 0. The lowest BCUT2D eigenvalue weighted by Gasteiger charge is -2.17. The third kappa shape index (κ3) is 3.85. The van der Waals surface area contributed by atoms with Gasteiger partial charge in [0.1, 0.15) is 18.5 Å². The van der Waals surface area contributed by atoms with Crippen LogP contribution in [0.5, 0.6) is 0 Å². The summed E-state index contributed by atoms with van der Waals surface area (Å²) in [6.07, 6.45) is -2.25. The van der Waals surface area contributed by atoms with Crippen LogP contribution < -0.4 is 5.32 Å². The van der Waals surface area contributed by atoms with Gasteiger partial charge in [0.05, 0.1) is 17.1 Å². The maximum Gasteiger partial charge on any atom is 0.418 e. The molecule has 0 bridgehead atoms. The van der Waals surface area contributed by atoms with E-state index in [1.54, 1.807) is 19.1 Å². The molecule has 0 aliphatic rings. The average Bonchev–Trinajstić information content (AvgIpc) is 3.18. The molecule has 0 aliphatic heterocycles. The van der Waals surface area contributed by atoms with Crippen molar-refractivity contribution in [1.29, 1.82) is 0 Å². The Morgan fingerprint density at radius 1 is 1.03 bits per heavy atom. The van der Waals surface area contributed by atoms with Gasteiger partial charge in [0.25, 0.3) is 0 Å². The van der Waals surface area contributed by atoms with Crippen molar-refractivity contribution in [1.82, 2.24) is 34.9 Å². The molecule has 4 aromatic rings. The first-order chi connectivity index (χ1) is 14.2. The van der Waals surface area contributed by atoms with Gasteiger partial charge in [0, 0.05) is 10.4 Å². The van der Waals surface area contributed by atoms with Crippen LogP contribution in [-0.4, -0.2) is 34.9 Å². The first kappa shape index (κ1) is 20.2. The van der Waals surface area contributed by atoms with Crippen molar-refractivity contribution in [2.45, 2.75) is 19.1 Å². The van der Waals surface area contributed by atoms with E-state index in [0.29, 0.717) is 11.6 Å². The fourth-order valence-corrected chi connectivity index (χ4v) is 3.20. The summed E-state index contributed by atoms with van der Waals surface area (Å²) in [6, 6.07) is 4.84. The molecule has 1 unspecified atom stereocenters. The smallest absolute Gasteiger partial charge is 0.360 e. The number of hydrogen-bond acceptors (Lipinski definition) is 7. The minimum Gasteiger partial charge on any atom is -0.360 e. The zero-order chi connectivity index (χ0) is 21.5. The summed E-state index contributed by atoms with van der Waals surface area (Å²) >= 11 is 11.7. The fourth-order valence-electron chi connectivity index (χ4n) is 2.88. The predicted octanol–water partition coefficient (Wildman–Crippen LogP) is 4.50. The quantitative estimate of drug-likeness (QED) is 0.484. The van der Waals surface area contributed by atoms with Gasteiger partial charge in [0.2, 0.25) is 0 Å². The van der Waals surface area contributed by atoms with Crippen molar-refractivity contribution < 1.29 is 13.2 Å². The summed E-state index contributed by atoms with van der Waals surface area (Å²) in [5.41, 5.74) is -1.20. The third-order valence-corrected chi connectivity index (χ3v) is 4.58. The van der Waals surface area contributed by atoms with Crippen LogP contribution in [0.4, 0.5) is 19.0 Å². The minimum atomic E-state index is -4.62. The summed E-state index contributed by atoms with van der Waals surface area (Å²) in [6.45, 7) is 1.74. The maximum atomic E-state index is 13.4. The SMILES string of the molecule is CC(Nc1ncnc2c(C(F)(F)F)cc(Cl)cc12)c1ncnn1-c1ccc(Cl)nn1. The third-order valence-electron chi connectivity index (χ3n) is 4.16. The van der Waals surface area contributed by atoms with Crippen molar-refractivity contribution in [2.75, 3.05) is 5.32 Å². The number of nitrogens with one attached hydrogen (secondary N) is 1. The molecule has 154 valence electrons. The molecule has 0 spiro atoms. The largest absolute Gasteiger partial charge is 0.418 e. The Morgan fingerprint density at radius 2 is 1.83 bits per heavy atom. The number of fused-ring (bicyclic) bond motifs is 1. The van der Waals surface area contributed by atoms with Crippen molar-refractivity contribution in [3.63, 3.8) is 0 Å². The summed E-state index contributed by atoms with van der Waals surface area (Å²) in [5, 5.41) is 15.1. The van der Waals surface area contributed by atoms with Crippen LogP contribution in [-0.2, 0) is 6.18 Å². The number of hydrogen-bond donors (Lipinski definition) is 1. The summed E-state index contributed by atoms with van der Waals surface area (Å²) in [4.78, 5) is 12.1. The fraction of sp³-hybridized carbons (Fsp3) is 0.176. The van der Waals surface area contributed by atoms with E-state index >= 15 is 0 Å². The van der Waals surface area contributed by atoms with Gasteiger partial charge in [0.15, 0.2) is 16.8 Å². The number of rotatable bonds is 4. The van der Waals surface area contributed by atoms with E-state index in [1.807, 2.05) is 0 Å². The molecule has 13 heteroatoms. The number of anilines is 1. The molecule has 4 rings (SSSR count). The second kappa shape index (κ2) is 7.65. The first-order valence-electron chi connectivity index (χ1n) is 8.41. The van der Waals surface area contributed by atoms with Crippen LogP contribution in [0.2, 0.25) is 10.2 Å². The Kier molecular flexibility index (Phi) is 5.16. The molecule has 0 fully saturated rings. The van der Waals surface area contributed by atoms with Gasteiger partial charge in [-0.1, -0.05) is 23.2 Å². The van der Waals surface area contributed by atoms with Gasteiger partial charge in [-0.15, -0.1) is 10.2 Å². The van der Waals surface area contributed by atoms with Crippen molar-refractivity contribution in [3.05, 3.63) is 58.5 Å². The monoisotopic (exact) mass is 454 g/mol. The molecule has 0 amide bonds. The Balaban J connectivity index is 1.73. The molecular weight excluding hydrogens is 444 g/mol. The van der Waals surface area contributed by atoms with E-state index < -0.39 is 17.8 Å². The molecule has 0 aliphatic carbocycles. The Bertz CT molecular complexity index is 1210. The van der Waals surface area contributed by atoms with Crippen LogP contribution >= 0.6 is 23.2 Å². The van der Waals surface area contributed by atoms with E-state index in [2.05, 4.69) is 35.6 Å². The van der Waals surface area contributed by atoms with Gasteiger partial charge in [-0.2, -0.15) is 23.0 Å². The van der Waals surface area contributed by atoms with Crippen LogP contribution in [0.1, 0.15) is 24.4 Å². The zero-order valence-electron chi connectivity index (χ0n) is 15.1. The van der Waals surface area contributed by atoms with E-state index in [0.717, 1.165) is 12.4 Å². The number of nitrogens with zero attached hydrogens (tertiary/aromatic N) is 7. The standard InChI is InChI=1S/C17H11Cl2F3N8/c1-8(16-25-7-26-30(16)13-3-2-12(19)28-29-13)27-15-10-4-9(18)5-11(17(20,21)22)14(10)23-6-24-15/h2-8H,1H3,(H,23,24,27). The van der Waals surface area contributed by atoms with Gasteiger partial charge in [-0.05, 0) is 31.2 Å². The number of alkyl halides is 3. The van der Waals surface area contributed by atoms with Crippen molar-refractivity contribution in [3.8, 4) is 5.82 Å². The lowest BCUT2D eigenvalue weighted by atomic mass is 10.1. The van der Waals surface area contributed by atoms with Crippen LogP contribution in [0.15, 0.2) is 36.9 Å². The Labute approximate surface area is 177 Å². The molecule has 3 heterocycles. The molecule has 8 nitrogen and oxygen atoms in total. The normalized spacial score (nSPS) is 12.9. The molecule has 1 N–H and O–H groups in total. The second-order valence-corrected chi connectivity index (χ2v) is 7.00. The lowest BCUT2D eigenvalue weighted by molar-refractivity contribution is -0.136. The van der Waals surface area contributed by atoms with Crippen molar-refractivity contribution in [2.24, 2.45) is 0 Å². The number of benzene rings is 1. The molecular formula is C17H11Cl2F3N8. The summed E-state index contributed by atoms with van der Waals surface area (Å²) < 4.78 is 41.6. The molecule has 0 radical (unpaired) electrons. The number of aromatic nitrogens is 7. The van der Waals surface area contributed by atoms with Crippen molar-refractivity contribution >= 4 is 39.9 Å². The highest BCUT2D eigenvalue weighted by atomic mass is 35.5. The maximum absolute atomic E-state index is 13.4. The summed E-state index contributed by atoms with van der Waals surface area (Å²) in [5.74, 6) is 0.962. The molecule has 30 heavy (non-hydrogen) atoms. The van der Waals surface area contributed by atoms with Crippen LogP contribution in [0, 0.1) is 0 Å².